The lowest BCUT2D eigenvalue weighted by molar-refractivity contribution is 0.105. The zero-order chi connectivity index (χ0) is 15.2. The fourth-order valence-corrected chi connectivity index (χ4v) is 2.25. The van der Waals surface area contributed by atoms with Gasteiger partial charge in [-0.1, -0.05) is 42.0 Å². The molecular formula is C16H16ClNO2S. The van der Waals surface area contributed by atoms with Gasteiger partial charge in [0, 0.05) is 16.1 Å². The minimum atomic E-state index is 0.352. The minimum Gasteiger partial charge on any atom is -0.496 e. The van der Waals surface area contributed by atoms with Crippen LogP contribution in [0.5, 0.6) is 5.75 Å². The smallest absolute Gasteiger partial charge is 0.124 e. The molecule has 0 saturated carbocycles. The Bertz CT molecular complexity index is 646. The number of thiocarbonyl (C=S) groups is 1. The number of ether oxygens (including phenoxy) is 2. The highest BCUT2D eigenvalue weighted by Gasteiger charge is 2.07. The zero-order valence-electron chi connectivity index (χ0n) is 11.6. The summed E-state index contributed by atoms with van der Waals surface area (Å²) in [7, 11) is 1.62. The summed E-state index contributed by atoms with van der Waals surface area (Å²) in [6.45, 7) is 0.824. The van der Waals surface area contributed by atoms with E-state index in [4.69, 9.17) is 39.0 Å². The van der Waals surface area contributed by atoms with E-state index in [1.807, 2.05) is 42.5 Å². The van der Waals surface area contributed by atoms with Gasteiger partial charge in [-0.15, -0.1) is 0 Å². The molecule has 2 rings (SSSR count). The van der Waals surface area contributed by atoms with Gasteiger partial charge in [0.05, 0.1) is 20.3 Å². The number of methoxy groups -OCH3 is 1. The normalized spacial score (nSPS) is 10.4. The highest BCUT2D eigenvalue weighted by Crippen LogP contribution is 2.22. The molecule has 0 aliphatic heterocycles. The van der Waals surface area contributed by atoms with Crippen LogP contribution in [0.25, 0.3) is 0 Å². The van der Waals surface area contributed by atoms with Gasteiger partial charge < -0.3 is 15.2 Å². The Hall–Kier alpha value is -1.62. The van der Waals surface area contributed by atoms with Gasteiger partial charge in [0.1, 0.15) is 10.7 Å². The summed E-state index contributed by atoms with van der Waals surface area (Å²) in [5.41, 5.74) is 8.29. The van der Waals surface area contributed by atoms with Crippen LogP contribution in [0, 0.1) is 0 Å². The average molecular weight is 322 g/mol. The molecule has 0 saturated heterocycles. The molecule has 0 aliphatic carbocycles. The lowest BCUT2D eigenvalue weighted by Gasteiger charge is -2.11. The number of rotatable bonds is 6. The lowest BCUT2D eigenvalue weighted by atomic mass is 10.1. The number of hydrogen-bond acceptors (Lipinski definition) is 3. The van der Waals surface area contributed by atoms with Gasteiger partial charge >= 0.3 is 0 Å². The first kappa shape index (κ1) is 15.8. The SMILES string of the molecule is COc1ccc(C(N)=S)cc1COCc1ccccc1Cl. The van der Waals surface area contributed by atoms with Gasteiger partial charge in [0.15, 0.2) is 0 Å². The van der Waals surface area contributed by atoms with Gasteiger partial charge in [-0.3, -0.25) is 0 Å². The molecule has 2 aromatic carbocycles. The fraction of sp³-hybridized carbons (Fsp3) is 0.188. The summed E-state index contributed by atoms with van der Waals surface area (Å²) in [4.78, 5) is 0.352. The van der Waals surface area contributed by atoms with E-state index >= 15 is 0 Å². The van der Waals surface area contributed by atoms with Crippen molar-refractivity contribution < 1.29 is 9.47 Å². The highest BCUT2D eigenvalue weighted by molar-refractivity contribution is 7.80. The van der Waals surface area contributed by atoms with E-state index in [2.05, 4.69) is 0 Å². The van der Waals surface area contributed by atoms with E-state index in [0.717, 1.165) is 22.4 Å². The topological polar surface area (TPSA) is 44.5 Å². The number of halogens is 1. The van der Waals surface area contributed by atoms with Crippen molar-refractivity contribution in [2.24, 2.45) is 5.73 Å². The van der Waals surface area contributed by atoms with E-state index in [0.29, 0.717) is 23.2 Å². The Labute approximate surface area is 134 Å². The van der Waals surface area contributed by atoms with Gasteiger partial charge in [-0.2, -0.15) is 0 Å². The minimum absolute atomic E-state index is 0.352. The summed E-state index contributed by atoms with van der Waals surface area (Å²) >= 11 is 11.1. The number of benzene rings is 2. The molecule has 0 aromatic heterocycles. The maximum atomic E-state index is 6.09. The fourth-order valence-electron chi connectivity index (χ4n) is 1.93. The molecule has 0 unspecified atom stereocenters. The van der Waals surface area contributed by atoms with Crippen LogP contribution in [0.15, 0.2) is 42.5 Å². The molecule has 110 valence electrons. The molecule has 0 atom stereocenters. The molecular weight excluding hydrogens is 306 g/mol. The summed E-state index contributed by atoms with van der Waals surface area (Å²) in [5.74, 6) is 0.745. The zero-order valence-corrected chi connectivity index (χ0v) is 13.2. The molecule has 0 bridgehead atoms. The lowest BCUT2D eigenvalue weighted by Crippen LogP contribution is -2.10. The third-order valence-electron chi connectivity index (χ3n) is 3.04. The van der Waals surface area contributed by atoms with Crippen LogP contribution in [-0.2, 0) is 18.0 Å². The van der Waals surface area contributed by atoms with Crippen LogP contribution in [-0.4, -0.2) is 12.1 Å². The van der Waals surface area contributed by atoms with Gasteiger partial charge in [-0.25, -0.2) is 0 Å². The van der Waals surface area contributed by atoms with Crippen LogP contribution in [0.2, 0.25) is 5.02 Å². The molecule has 2 aromatic rings. The van der Waals surface area contributed by atoms with Crippen LogP contribution < -0.4 is 10.5 Å². The summed E-state index contributed by atoms with van der Waals surface area (Å²) in [6, 6.07) is 13.1. The first-order valence-electron chi connectivity index (χ1n) is 6.39. The van der Waals surface area contributed by atoms with E-state index in [-0.39, 0.29) is 0 Å². The molecule has 0 amide bonds. The second-order valence-corrected chi connectivity index (χ2v) is 5.32. The monoisotopic (exact) mass is 321 g/mol. The van der Waals surface area contributed by atoms with Gasteiger partial charge in [0.25, 0.3) is 0 Å². The Morgan fingerprint density at radius 1 is 1.14 bits per heavy atom. The quantitative estimate of drug-likeness (QED) is 0.824. The van der Waals surface area contributed by atoms with Gasteiger partial charge in [-0.05, 0) is 29.8 Å². The molecule has 2 N–H and O–H groups in total. The third-order valence-corrected chi connectivity index (χ3v) is 3.64. The standard InChI is InChI=1S/C16H16ClNO2S/c1-19-15-7-6-11(16(18)21)8-13(15)10-20-9-12-4-2-3-5-14(12)17/h2-8H,9-10H2,1H3,(H2,18,21). The maximum Gasteiger partial charge on any atom is 0.124 e. The molecule has 0 radical (unpaired) electrons. The first-order valence-corrected chi connectivity index (χ1v) is 7.18. The summed E-state index contributed by atoms with van der Waals surface area (Å²) in [6.07, 6.45) is 0. The maximum absolute atomic E-state index is 6.09. The first-order chi connectivity index (χ1) is 10.1. The molecule has 0 spiro atoms. The molecule has 0 heterocycles. The molecule has 3 nitrogen and oxygen atoms in total. The van der Waals surface area contributed by atoms with E-state index in [1.165, 1.54) is 0 Å². The number of hydrogen-bond donors (Lipinski definition) is 1. The van der Waals surface area contributed by atoms with Crippen LogP contribution in [0.3, 0.4) is 0 Å². The van der Waals surface area contributed by atoms with E-state index in [9.17, 15) is 0 Å². The van der Waals surface area contributed by atoms with E-state index < -0.39 is 0 Å². The van der Waals surface area contributed by atoms with Crippen molar-refractivity contribution in [2.75, 3.05) is 7.11 Å². The predicted octanol–water partition coefficient (Wildman–Crippen LogP) is 3.70. The van der Waals surface area contributed by atoms with Crippen molar-refractivity contribution in [1.82, 2.24) is 0 Å². The summed E-state index contributed by atoms with van der Waals surface area (Å²) in [5, 5.41) is 0.696. The van der Waals surface area contributed by atoms with Crippen molar-refractivity contribution in [1.29, 1.82) is 0 Å². The van der Waals surface area contributed by atoms with Crippen molar-refractivity contribution in [3.63, 3.8) is 0 Å². The Morgan fingerprint density at radius 2 is 1.86 bits per heavy atom. The van der Waals surface area contributed by atoms with Crippen molar-refractivity contribution in [3.05, 3.63) is 64.2 Å². The Morgan fingerprint density at radius 3 is 2.52 bits per heavy atom. The van der Waals surface area contributed by atoms with Crippen LogP contribution in [0.4, 0.5) is 0 Å². The largest absolute Gasteiger partial charge is 0.496 e. The average Bonchev–Trinajstić information content (AvgIpc) is 2.49. The molecule has 0 fully saturated rings. The van der Waals surface area contributed by atoms with Crippen molar-refractivity contribution in [2.45, 2.75) is 13.2 Å². The van der Waals surface area contributed by atoms with E-state index in [1.54, 1.807) is 7.11 Å². The highest BCUT2D eigenvalue weighted by atomic mass is 35.5. The van der Waals surface area contributed by atoms with Gasteiger partial charge in [0.2, 0.25) is 0 Å². The second-order valence-electron chi connectivity index (χ2n) is 4.48. The number of nitrogens with two attached hydrogens (primary N) is 1. The van der Waals surface area contributed by atoms with Crippen LogP contribution >= 0.6 is 23.8 Å². The van der Waals surface area contributed by atoms with Crippen molar-refractivity contribution >= 4 is 28.8 Å². The molecule has 0 aliphatic rings. The van der Waals surface area contributed by atoms with Crippen LogP contribution in [0.1, 0.15) is 16.7 Å². The predicted molar refractivity (Wildman–Crippen MR) is 88.8 cm³/mol. The Kier molecular flexibility index (Phi) is 5.56. The molecule has 5 heteroatoms. The summed E-state index contributed by atoms with van der Waals surface area (Å²) < 4.78 is 11.0. The second kappa shape index (κ2) is 7.41. The molecule has 21 heavy (non-hydrogen) atoms. The van der Waals surface area contributed by atoms with Crippen molar-refractivity contribution in [3.8, 4) is 5.75 Å². The third kappa shape index (κ3) is 4.17. The Balaban J connectivity index is 2.07.